The number of aromatic hydroxyl groups is 1. The van der Waals surface area contributed by atoms with Crippen molar-refractivity contribution in [3.05, 3.63) is 58.9 Å². The summed E-state index contributed by atoms with van der Waals surface area (Å²) in [6.07, 6.45) is 4.10. The van der Waals surface area contributed by atoms with Crippen molar-refractivity contribution in [2.45, 2.75) is 64.9 Å². The molecule has 0 bridgehead atoms. The van der Waals surface area contributed by atoms with E-state index >= 15 is 0 Å². The van der Waals surface area contributed by atoms with Gasteiger partial charge < -0.3 is 9.94 Å². The first-order chi connectivity index (χ1) is 12.1. The van der Waals surface area contributed by atoms with Crippen LogP contribution in [0.1, 0.15) is 76.3 Å². The standard InChI is InChI=1S/C22H28N2O2/c1-21(2,3)16-11-15(12-17(20(16)25)22(4,5)6)19-13-18(24-26-19)14-7-9-23-10-8-14/h7-12,19,25H,13H2,1-6H3. The maximum atomic E-state index is 10.9. The molecule has 0 fully saturated rings. The second kappa shape index (κ2) is 6.42. The zero-order valence-corrected chi connectivity index (χ0v) is 16.5. The second-order valence-electron chi connectivity index (χ2n) is 9.04. The Balaban J connectivity index is 1.99. The molecule has 1 atom stereocenters. The summed E-state index contributed by atoms with van der Waals surface area (Å²) in [7, 11) is 0. The molecule has 0 spiro atoms. The largest absolute Gasteiger partial charge is 0.507 e. The minimum Gasteiger partial charge on any atom is -0.507 e. The summed E-state index contributed by atoms with van der Waals surface area (Å²) in [6, 6.07) is 8.03. The zero-order valence-electron chi connectivity index (χ0n) is 16.5. The van der Waals surface area contributed by atoms with Crippen molar-refractivity contribution in [1.82, 2.24) is 4.98 Å². The Morgan fingerprint density at radius 1 is 0.962 bits per heavy atom. The molecule has 0 saturated heterocycles. The summed E-state index contributed by atoms with van der Waals surface area (Å²) < 4.78 is 0. The molecule has 138 valence electrons. The summed E-state index contributed by atoms with van der Waals surface area (Å²) in [5.74, 6) is 0.391. The molecule has 1 aliphatic rings. The lowest BCUT2D eigenvalue weighted by atomic mass is 9.77. The van der Waals surface area contributed by atoms with E-state index in [-0.39, 0.29) is 16.9 Å². The molecule has 1 aromatic heterocycles. The Morgan fingerprint density at radius 2 is 1.50 bits per heavy atom. The lowest BCUT2D eigenvalue weighted by Crippen LogP contribution is -2.18. The van der Waals surface area contributed by atoms with Crippen molar-refractivity contribution in [1.29, 1.82) is 0 Å². The quantitative estimate of drug-likeness (QED) is 0.803. The number of phenolic OH excluding ortho intramolecular Hbond substituents is 1. The third kappa shape index (κ3) is 3.59. The predicted octanol–water partition coefficient (Wildman–Crippen LogP) is 5.25. The highest BCUT2D eigenvalue weighted by molar-refractivity contribution is 6.01. The maximum absolute atomic E-state index is 10.9. The van der Waals surface area contributed by atoms with Gasteiger partial charge in [-0.2, -0.15) is 0 Å². The monoisotopic (exact) mass is 352 g/mol. The molecule has 1 unspecified atom stereocenters. The van der Waals surface area contributed by atoms with Crippen LogP contribution >= 0.6 is 0 Å². The number of nitrogens with zero attached hydrogens (tertiary/aromatic N) is 2. The Morgan fingerprint density at radius 3 is 2.00 bits per heavy atom. The van der Waals surface area contributed by atoms with Crippen LogP contribution < -0.4 is 0 Å². The van der Waals surface area contributed by atoms with Gasteiger partial charge in [0.2, 0.25) is 0 Å². The summed E-state index contributed by atoms with van der Waals surface area (Å²) >= 11 is 0. The molecule has 1 N–H and O–H groups in total. The van der Waals surface area contributed by atoms with E-state index in [1.807, 2.05) is 12.1 Å². The fourth-order valence-electron chi connectivity index (χ4n) is 3.26. The van der Waals surface area contributed by atoms with Crippen LogP contribution in [0.3, 0.4) is 0 Å². The molecule has 4 nitrogen and oxygen atoms in total. The van der Waals surface area contributed by atoms with Gasteiger partial charge in [-0.25, -0.2) is 0 Å². The highest BCUT2D eigenvalue weighted by Crippen LogP contribution is 2.42. The molecule has 0 aliphatic carbocycles. The maximum Gasteiger partial charge on any atom is 0.158 e. The number of phenols is 1. The first-order valence-corrected chi connectivity index (χ1v) is 9.08. The smallest absolute Gasteiger partial charge is 0.158 e. The molecule has 26 heavy (non-hydrogen) atoms. The van der Waals surface area contributed by atoms with Crippen molar-refractivity contribution >= 4 is 5.71 Å². The van der Waals surface area contributed by atoms with E-state index in [0.29, 0.717) is 12.2 Å². The molecule has 0 amide bonds. The van der Waals surface area contributed by atoms with Crippen LogP contribution in [0.15, 0.2) is 41.8 Å². The van der Waals surface area contributed by atoms with Gasteiger partial charge in [-0.1, -0.05) is 46.7 Å². The van der Waals surface area contributed by atoms with Gasteiger partial charge in [0.05, 0.1) is 5.71 Å². The number of aromatic nitrogens is 1. The summed E-state index contributed by atoms with van der Waals surface area (Å²) in [5, 5.41) is 15.2. The van der Waals surface area contributed by atoms with Crippen molar-refractivity contribution in [2.75, 3.05) is 0 Å². The van der Waals surface area contributed by atoms with Crippen molar-refractivity contribution in [2.24, 2.45) is 5.16 Å². The van der Waals surface area contributed by atoms with Gasteiger partial charge in [-0.3, -0.25) is 4.98 Å². The van der Waals surface area contributed by atoms with Crippen LogP contribution in [0, 0.1) is 0 Å². The Labute approximate surface area is 155 Å². The molecule has 0 saturated carbocycles. The predicted molar refractivity (Wildman–Crippen MR) is 105 cm³/mol. The zero-order chi connectivity index (χ0) is 19.1. The van der Waals surface area contributed by atoms with E-state index in [4.69, 9.17) is 4.84 Å². The third-order valence-electron chi connectivity index (χ3n) is 4.80. The number of hydrogen-bond donors (Lipinski definition) is 1. The van der Waals surface area contributed by atoms with E-state index < -0.39 is 0 Å². The topological polar surface area (TPSA) is 54.7 Å². The summed E-state index contributed by atoms with van der Waals surface area (Å²) in [6.45, 7) is 12.7. The molecule has 2 heterocycles. The van der Waals surface area contributed by atoms with E-state index in [1.165, 1.54) is 0 Å². The molecule has 3 rings (SSSR count). The average Bonchev–Trinajstić information content (AvgIpc) is 3.03. The number of oxime groups is 1. The van der Waals surface area contributed by atoms with E-state index in [0.717, 1.165) is 28.0 Å². The minimum atomic E-state index is -0.159. The molecule has 4 heteroatoms. The molecule has 0 radical (unpaired) electrons. The van der Waals surface area contributed by atoms with Crippen LogP contribution in [0.2, 0.25) is 0 Å². The van der Waals surface area contributed by atoms with Crippen LogP contribution in [0.25, 0.3) is 0 Å². The number of benzene rings is 1. The first-order valence-electron chi connectivity index (χ1n) is 9.08. The van der Waals surface area contributed by atoms with E-state index in [9.17, 15) is 5.11 Å². The minimum absolute atomic E-state index is 0.138. The normalized spacial score (nSPS) is 17.8. The van der Waals surface area contributed by atoms with Crippen molar-refractivity contribution in [3.8, 4) is 5.75 Å². The lowest BCUT2D eigenvalue weighted by Gasteiger charge is -2.29. The van der Waals surface area contributed by atoms with Gasteiger partial charge in [0.25, 0.3) is 0 Å². The van der Waals surface area contributed by atoms with Crippen LogP contribution in [-0.4, -0.2) is 15.8 Å². The number of hydrogen-bond acceptors (Lipinski definition) is 4. The average molecular weight is 352 g/mol. The fraction of sp³-hybridized carbons (Fsp3) is 0.455. The van der Waals surface area contributed by atoms with Gasteiger partial charge in [0.1, 0.15) is 5.75 Å². The molecule has 1 aromatic carbocycles. The van der Waals surface area contributed by atoms with Crippen molar-refractivity contribution < 1.29 is 9.94 Å². The first kappa shape index (κ1) is 18.4. The van der Waals surface area contributed by atoms with E-state index in [2.05, 4.69) is 63.8 Å². The molecule has 1 aliphatic heterocycles. The van der Waals surface area contributed by atoms with Crippen molar-refractivity contribution in [3.63, 3.8) is 0 Å². The van der Waals surface area contributed by atoms with Crippen LogP contribution in [0.5, 0.6) is 5.75 Å². The fourth-order valence-corrected chi connectivity index (χ4v) is 3.26. The molecule has 2 aromatic rings. The third-order valence-corrected chi connectivity index (χ3v) is 4.80. The number of rotatable bonds is 2. The highest BCUT2D eigenvalue weighted by Gasteiger charge is 2.31. The highest BCUT2D eigenvalue weighted by atomic mass is 16.6. The van der Waals surface area contributed by atoms with Gasteiger partial charge >= 0.3 is 0 Å². The van der Waals surface area contributed by atoms with Crippen LogP contribution in [-0.2, 0) is 15.7 Å². The summed E-state index contributed by atoms with van der Waals surface area (Å²) in [5.41, 5.74) is 4.60. The van der Waals surface area contributed by atoms with Gasteiger partial charge in [-0.05, 0) is 51.8 Å². The number of pyridine rings is 1. The SMILES string of the molecule is CC(C)(C)c1cc(C2CC(c3ccncc3)=NO2)cc(C(C)(C)C)c1O. The van der Waals surface area contributed by atoms with Gasteiger partial charge in [-0.15, -0.1) is 0 Å². The van der Waals surface area contributed by atoms with Gasteiger partial charge in [0, 0.05) is 24.4 Å². The van der Waals surface area contributed by atoms with E-state index in [1.54, 1.807) is 12.4 Å². The Bertz CT molecular complexity index is 792. The second-order valence-corrected chi connectivity index (χ2v) is 9.04. The lowest BCUT2D eigenvalue weighted by molar-refractivity contribution is 0.0854. The summed E-state index contributed by atoms with van der Waals surface area (Å²) in [4.78, 5) is 9.82. The Hall–Kier alpha value is -2.36. The Kier molecular flexibility index (Phi) is 4.55. The molecular formula is C22H28N2O2. The van der Waals surface area contributed by atoms with Crippen LogP contribution in [0.4, 0.5) is 0 Å². The van der Waals surface area contributed by atoms with Gasteiger partial charge in [0.15, 0.2) is 6.10 Å². The molecular weight excluding hydrogens is 324 g/mol.